The number of hydrogen-bond acceptors (Lipinski definition) is 10. The Kier molecular flexibility index (Phi) is 7.67. The van der Waals surface area contributed by atoms with E-state index in [1.807, 2.05) is 0 Å². The number of carbonyl (C=O) groups excluding carboxylic acids is 2. The molecule has 0 radical (unpaired) electrons. The molecule has 0 saturated heterocycles. The van der Waals surface area contributed by atoms with Gasteiger partial charge in [-0.1, -0.05) is 6.07 Å². The smallest absolute Gasteiger partial charge is 0.424 e. The first-order valence-corrected chi connectivity index (χ1v) is 13.9. The molecule has 2 amide bonds. The van der Waals surface area contributed by atoms with E-state index in [1.165, 1.54) is 50.0 Å². The van der Waals surface area contributed by atoms with Crippen LogP contribution in [-0.4, -0.2) is 61.2 Å². The average Bonchev–Trinajstić information content (AvgIpc) is 3.41. The van der Waals surface area contributed by atoms with Crippen LogP contribution in [-0.2, 0) is 15.8 Å². The van der Waals surface area contributed by atoms with Gasteiger partial charge in [0.25, 0.3) is 5.91 Å². The molecule has 0 bridgehead atoms. The third-order valence-electron chi connectivity index (χ3n) is 7.84. The molecule has 0 unspecified atom stereocenters. The molecule has 0 fully saturated rings. The highest BCUT2D eigenvalue weighted by Crippen LogP contribution is 2.47. The summed E-state index contributed by atoms with van der Waals surface area (Å²) in [7, 11) is 0. The van der Waals surface area contributed by atoms with Crippen molar-refractivity contribution in [3.8, 4) is 17.0 Å². The van der Waals surface area contributed by atoms with Crippen LogP contribution in [0.15, 0.2) is 73.4 Å². The van der Waals surface area contributed by atoms with E-state index in [0.717, 1.165) is 18.2 Å². The SMILES string of the molecule is C[C@]1(C(N)=O)COc2c1cc([C@@](O)(CNC(=O)c1cc(Nc3ncncn3)c3ncccc3c1)C(F)(F)F)nc2-c1ccc(F)cc1. The van der Waals surface area contributed by atoms with Crippen molar-refractivity contribution in [1.82, 2.24) is 30.2 Å². The van der Waals surface area contributed by atoms with Crippen LogP contribution in [0.2, 0.25) is 0 Å². The maximum atomic E-state index is 14.8. The highest BCUT2D eigenvalue weighted by molar-refractivity contribution is 6.02. The van der Waals surface area contributed by atoms with Gasteiger partial charge in [-0.2, -0.15) is 13.2 Å². The number of amides is 2. The summed E-state index contributed by atoms with van der Waals surface area (Å²) in [6, 6.07) is 11.6. The molecule has 3 aromatic heterocycles. The number of primary amides is 1. The van der Waals surface area contributed by atoms with Gasteiger partial charge in [-0.15, -0.1) is 0 Å². The molecule has 5 aromatic rings. The number of nitrogens with zero attached hydrogens (tertiary/aromatic N) is 5. The van der Waals surface area contributed by atoms with Crippen molar-refractivity contribution in [3.63, 3.8) is 0 Å². The highest BCUT2D eigenvalue weighted by atomic mass is 19.4. The quantitative estimate of drug-likeness (QED) is 0.182. The first-order valence-electron chi connectivity index (χ1n) is 13.9. The molecule has 12 nitrogen and oxygen atoms in total. The van der Waals surface area contributed by atoms with E-state index in [1.54, 1.807) is 12.1 Å². The number of benzene rings is 2. The van der Waals surface area contributed by atoms with Crippen LogP contribution in [0.5, 0.6) is 5.75 Å². The zero-order valence-electron chi connectivity index (χ0n) is 24.3. The number of aromatic nitrogens is 5. The van der Waals surface area contributed by atoms with E-state index in [9.17, 15) is 32.3 Å². The van der Waals surface area contributed by atoms with Crippen LogP contribution in [0.3, 0.4) is 0 Å². The van der Waals surface area contributed by atoms with Crippen LogP contribution in [0.4, 0.5) is 29.2 Å². The van der Waals surface area contributed by atoms with Crippen LogP contribution in [0.25, 0.3) is 22.2 Å². The highest BCUT2D eigenvalue weighted by Gasteiger charge is 2.57. The Morgan fingerprint density at radius 1 is 1.06 bits per heavy atom. The Morgan fingerprint density at radius 3 is 2.47 bits per heavy atom. The number of anilines is 2. The molecule has 4 heterocycles. The molecular weight excluding hydrogens is 624 g/mol. The van der Waals surface area contributed by atoms with Gasteiger partial charge < -0.3 is 26.2 Å². The molecule has 0 aliphatic carbocycles. The number of hydrogen-bond donors (Lipinski definition) is 4. The molecule has 0 saturated carbocycles. The molecule has 16 heteroatoms. The molecule has 5 N–H and O–H groups in total. The zero-order valence-corrected chi connectivity index (χ0v) is 24.3. The van der Waals surface area contributed by atoms with Gasteiger partial charge in [0.05, 0.1) is 23.4 Å². The molecule has 47 heavy (non-hydrogen) atoms. The van der Waals surface area contributed by atoms with Gasteiger partial charge in [0.1, 0.15) is 41.9 Å². The fraction of sp³-hybridized carbons (Fsp3) is 0.194. The monoisotopic (exact) mass is 648 g/mol. The second-order valence-corrected chi connectivity index (χ2v) is 11.0. The van der Waals surface area contributed by atoms with Crippen molar-refractivity contribution in [2.75, 3.05) is 18.5 Å². The molecule has 1 aliphatic heterocycles. The van der Waals surface area contributed by atoms with E-state index < -0.39 is 47.1 Å². The van der Waals surface area contributed by atoms with Gasteiger partial charge in [-0.05, 0) is 55.5 Å². The summed E-state index contributed by atoms with van der Waals surface area (Å²) in [6.07, 6.45) is -1.39. The number of alkyl halides is 3. The third kappa shape index (κ3) is 5.63. The number of pyridine rings is 2. The average molecular weight is 649 g/mol. The Labute approximate surface area is 263 Å². The molecule has 1 aliphatic rings. The number of halogens is 4. The van der Waals surface area contributed by atoms with Gasteiger partial charge >= 0.3 is 6.18 Å². The first kappa shape index (κ1) is 31.2. The minimum Gasteiger partial charge on any atom is -0.489 e. The number of nitrogens with one attached hydrogen (secondary N) is 2. The fourth-order valence-corrected chi connectivity index (χ4v) is 5.09. The van der Waals surface area contributed by atoms with E-state index in [4.69, 9.17) is 10.5 Å². The second kappa shape index (κ2) is 11.5. The summed E-state index contributed by atoms with van der Waals surface area (Å²) in [6.45, 7) is -0.305. The summed E-state index contributed by atoms with van der Waals surface area (Å²) in [4.78, 5) is 45.9. The van der Waals surface area contributed by atoms with Gasteiger partial charge in [-0.3, -0.25) is 14.6 Å². The number of fused-ring (bicyclic) bond motifs is 2. The molecule has 0 spiro atoms. The summed E-state index contributed by atoms with van der Waals surface area (Å²) in [5.41, 5.74) is -0.150. The van der Waals surface area contributed by atoms with Crippen molar-refractivity contribution in [2.45, 2.75) is 24.1 Å². The Balaban J connectivity index is 1.40. The lowest BCUT2D eigenvalue weighted by molar-refractivity contribution is -0.265. The van der Waals surface area contributed by atoms with E-state index in [-0.39, 0.29) is 46.4 Å². The van der Waals surface area contributed by atoms with Crippen molar-refractivity contribution in [3.05, 3.63) is 96.1 Å². The number of ether oxygens (including phenoxy) is 1. The van der Waals surface area contributed by atoms with Crippen molar-refractivity contribution < 1.29 is 37.0 Å². The van der Waals surface area contributed by atoms with Gasteiger partial charge in [0.15, 0.2) is 0 Å². The van der Waals surface area contributed by atoms with Crippen LogP contribution in [0, 0.1) is 5.82 Å². The summed E-state index contributed by atoms with van der Waals surface area (Å²) in [5.74, 6) is -2.40. The molecule has 2 aromatic carbocycles. The maximum Gasteiger partial charge on any atom is 0.424 e. The van der Waals surface area contributed by atoms with Crippen LogP contribution < -0.4 is 21.1 Å². The number of rotatable bonds is 8. The number of aliphatic hydroxyl groups is 1. The van der Waals surface area contributed by atoms with Crippen LogP contribution in [0.1, 0.15) is 28.5 Å². The Hall–Kier alpha value is -5.77. The van der Waals surface area contributed by atoms with Crippen molar-refractivity contribution in [2.24, 2.45) is 5.73 Å². The van der Waals surface area contributed by atoms with Crippen molar-refractivity contribution >= 4 is 34.4 Å². The lowest BCUT2D eigenvalue weighted by Crippen LogP contribution is -2.51. The largest absolute Gasteiger partial charge is 0.489 e. The van der Waals surface area contributed by atoms with Gasteiger partial charge in [0.2, 0.25) is 17.5 Å². The zero-order chi connectivity index (χ0) is 33.6. The fourth-order valence-electron chi connectivity index (χ4n) is 5.09. The second-order valence-electron chi connectivity index (χ2n) is 11.0. The summed E-state index contributed by atoms with van der Waals surface area (Å²) >= 11 is 0. The number of carbonyl (C=O) groups is 2. The predicted molar refractivity (Wildman–Crippen MR) is 159 cm³/mol. The Morgan fingerprint density at radius 2 is 1.79 bits per heavy atom. The topological polar surface area (TPSA) is 178 Å². The molecule has 6 rings (SSSR count). The predicted octanol–water partition coefficient (Wildman–Crippen LogP) is 3.68. The van der Waals surface area contributed by atoms with E-state index >= 15 is 0 Å². The first-order chi connectivity index (χ1) is 22.3. The molecular formula is C31H24F4N8O4. The lowest BCUT2D eigenvalue weighted by atomic mass is 9.81. The van der Waals surface area contributed by atoms with Gasteiger partial charge in [-0.25, -0.2) is 24.3 Å². The summed E-state index contributed by atoms with van der Waals surface area (Å²) in [5, 5.41) is 16.9. The minimum absolute atomic E-state index is 0.0433. The van der Waals surface area contributed by atoms with Crippen LogP contribution >= 0.6 is 0 Å². The van der Waals surface area contributed by atoms with E-state index in [0.29, 0.717) is 10.9 Å². The molecule has 240 valence electrons. The number of nitrogens with two attached hydrogens (primary N) is 1. The van der Waals surface area contributed by atoms with E-state index in [2.05, 4.69) is 35.6 Å². The third-order valence-corrected chi connectivity index (χ3v) is 7.84. The normalized spacial score (nSPS) is 17.0. The maximum absolute atomic E-state index is 14.8. The molecule has 2 atom stereocenters. The van der Waals surface area contributed by atoms with Gasteiger partial charge in [0, 0.05) is 28.3 Å². The minimum atomic E-state index is -5.39. The van der Waals surface area contributed by atoms with Crippen molar-refractivity contribution in [1.29, 1.82) is 0 Å². The summed E-state index contributed by atoms with van der Waals surface area (Å²) < 4.78 is 63.8. The lowest BCUT2D eigenvalue weighted by Gasteiger charge is -2.31. The Bertz CT molecular complexity index is 2010. The standard InChI is InChI=1S/C31H24F4N8O4/c1-29(27(36)45)13-47-25-20(29)11-22(43-24(25)16-4-6-19(32)7-5-16)30(46,31(33,34)35)12-39-26(44)18-9-17-3-2-8-38-23(17)21(10-18)42-28-40-14-37-15-41-28/h2-11,14-15,46H,12-13H2,1H3,(H2,36,45)(H,39,44)(H,37,40,41,42)/t29-,30-/m0/s1.